The number of nitrogens with one attached hydrogen (secondary N) is 1. The van der Waals surface area contributed by atoms with Crippen molar-refractivity contribution in [3.05, 3.63) is 65.2 Å². The number of carbonyl (C=O) groups is 1. The summed E-state index contributed by atoms with van der Waals surface area (Å²) in [6.07, 6.45) is 0. The summed E-state index contributed by atoms with van der Waals surface area (Å²) in [5, 5.41) is 2.98. The highest BCUT2D eigenvalue weighted by Crippen LogP contribution is 2.19. The van der Waals surface area contributed by atoms with E-state index in [1.807, 2.05) is 45.2 Å². The second kappa shape index (κ2) is 10.3. The number of carbonyl (C=O) groups excluding carboxylic acids is 1. The second-order valence-corrected chi connectivity index (χ2v) is 9.82. The van der Waals surface area contributed by atoms with E-state index in [4.69, 9.17) is 4.74 Å². The molecule has 2 aromatic carbocycles. The smallest absolute Gasteiger partial charge is 0.251 e. The van der Waals surface area contributed by atoms with Crippen molar-refractivity contribution in [3.63, 3.8) is 0 Å². The molecule has 8 heteroatoms. The van der Waals surface area contributed by atoms with Crippen LogP contribution in [0.15, 0.2) is 48.5 Å². The van der Waals surface area contributed by atoms with Gasteiger partial charge in [0, 0.05) is 31.7 Å². The number of rotatable bonds is 8. The molecule has 0 radical (unpaired) electrons. The number of hydrogen-bond acceptors (Lipinski definition) is 5. The molecule has 168 valence electrons. The van der Waals surface area contributed by atoms with E-state index in [1.165, 1.54) is 0 Å². The van der Waals surface area contributed by atoms with Gasteiger partial charge in [0.2, 0.25) is 10.0 Å². The first-order valence-electron chi connectivity index (χ1n) is 10.6. The Kier molecular flexibility index (Phi) is 7.69. The first-order valence-corrected chi connectivity index (χ1v) is 12.2. The monoisotopic (exact) mass is 445 g/mol. The molecule has 7 nitrogen and oxygen atoms in total. The van der Waals surface area contributed by atoms with Gasteiger partial charge in [-0.3, -0.25) is 4.79 Å². The highest BCUT2D eigenvalue weighted by atomic mass is 32.2. The van der Waals surface area contributed by atoms with Crippen molar-refractivity contribution in [3.8, 4) is 5.75 Å². The third-order valence-corrected chi connectivity index (χ3v) is 7.31. The van der Waals surface area contributed by atoms with Gasteiger partial charge in [-0.1, -0.05) is 24.3 Å². The highest BCUT2D eigenvalue weighted by molar-refractivity contribution is 7.88. The van der Waals surface area contributed by atoms with Crippen molar-refractivity contribution in [1.29, 1.82) is 0 Å². The number of hydrogen-bond donors (Lipinski definition) is 1. The van der Waals surface area contributed by atoms with Crippen LogP contribution in [0, 0.1) is 0 Å². The van der Waals surface area contributed by atoms with Crippen LogP contribution in [-0.2, 0) is 15.8 Å². The minimum atomic E-state index is -3.36. The lowest BCUT2D eigenvalue weighted by atomic mass is 10.1. The molecule has 1 amide bonds. The minimum Gasteiger partial charge on any atom is -0.494 e. The van der Waals surface area contributed by atoms with Gasteiger partial charge < -0.3 is 15.0 Å². The lowest BCUT2D eigenvalue weighted by molar-refractivity contribution is 0.0940. The molecule has 0 unspecified atom stereocenters. The number of sulfonamides is 1. The topological polar surface area (TPSA) is 78.9 Å². The van der Waals surface area contributed by atoms with Gasteiger partial charge >= 0.3 is 0 Å². The molecule has 0 aromatic heterocycles. The first-order chi connectivity index (χ1) is 14.8. The lowest BCUT2D eigenvalue weighted by Gasteiger charge is -2.31. The Hall–Kier alpha value is -2.42. The zero-order chi connectivity index (χ0) is 22.4. The second-order valence-electron chi connectivity index (χ2n) is 7.85. The van der Waals surface area contributed by atoms with Crippen molar-refractivity contribution >= 4 is 15.9 Å². The van der Waals surface area contributed by atoms with E-state index in [-0.39, 0.29) is 17.7 Å². The summed E-state index contributed by atoms with van der Waals surface area (Å²) in [6.45, 7) is 6.98. The number of nitrogens with zero attached hydrogens (tertiary/aromatic N) is 2. The van der Waals surface area contributed by atoms with E-state index in [0.29, 0.717) is 30.8 Å². The van der Waals surface area contributed by atoms with Crippen molar-refractivity contribution in [1.82, 2.24) is 14.5 Å². The Morgan fingerprint density at radius 2 is 1.65 bits per heavy atom. The zero-order valence-electron chi connectivity index (χ0n) is 18.4. The largest absolute Gasteiger partial charge is 0.494 e. The van der Waals surface area contributed by atoms with Crippen LogP contribution < -0.4 is 10.1 Å². The van der Waals surface area contributed by atoms with Gasteiger partial charge in [-0.2, -0.15) is 4.31 Å². The molecule has 1 aliphatic rings. The average Bonchev–Trinajstić information content (AvgIpc) is 2.75. The van der Waals surface area contributed by atoms with Crippen LogP contribution in [0.25, 0.3) is 0 Å². The van der Waals surface area contributed by atoms with Gasteiger partial charge in [0.25, 0.3) is 5.91 Å². The molecular formula is C23H31N3O4S. The number of amides is 1. The molecular weight excluding hydrogens is 414 g/mol. The highest BCUT2D eigenvalue weighted by Gasteiger charge is 2.25. The Balaban J connectivity index is 1.58. The predicted octanol–water partition coefficient (Wildman–Crippen LogP) is 2.65. The Morgan fingerprint density at radius 3 is 2.23 bits per heavy atom. The SMILES string of the molecule is CCOc1ccc([C@H](C)NC(=O)c2ccc(CS(=O)(=O)N3CCN(C)CC3)cc2)cc1. The van der Waals surface area contributed by atoms with Gasteiger partial charge in [-0.25, -0.2) is 8.42 Å². The van der Waals surface area contributed by atoms with Gasteiger partial charge in [-0.05, 0) is 56.3 Å². The van der Waals surface area contributed by atoms with Crippen molar-refractivity contribution in [2.45, 2.75) is 25.6 Å². The van der Waals surface area contributed by atoms with Crippen LogP contribution in [0.3, 0.4) is 0 Å². The maximum atomic E-state index is 12.7. The van der Waals surface area contributed by atoms with E-state index in [9.17, 15) is 13.2 Å². The van der Waals surface area contributed by atoms with E-state index < -0.39 is 10.0 Å². The van der Waals surface area contributed by atoms with Gasteiger partial charge in [-0.15, -0.1) is 0 Å². The minimum absolute atomic E-state index is 0.0544. The first kappa shape index (κ1) is 23.2. The molecule has 1 atom stereocenters. The Bertz CT molecular complexity index is 967. The van der Waals surface area contributed by atoms with Crippen LogP contribution >= 0.6 is 0 Å². The summed E-state index contributed by atoms with van der Waals surface area (Å²) >= 11 is 0. The van der Waals surface area contributed by atoms with E-state index >= 15 is 0 Å². The molecule has 31 heavy (non-hydrogen) atoms. The molecule has 0 saturated carbocycles. The molecule has 0 spiro atoms. The van der Waals surface area contributed by atoms with E-state index in [1.54, 1.807) is 28.6 Å². The number of likely N-dealkylation sites (N-methyl/N-ethyl adjacent to an activating group) is 1. The number of piperazine rings is 1. The molecule has 1 fully saturated rings. The van der Waals surface area contributed by atoms with E-state index in [0.717, 1.165) is 24.4 Å². The molecule has 3 rings (SSSR count). The molecule has 1 aliphatic heterocycles. The summed E-state index contributed by atoms with van der Waals surface area (Å²) < 4.78 is 32.3. The fourth-order valence-corrected chi connectivity index (χ4v) is 5.02. The van der Waals surface area contributed by atoms with Crippen LogP contribution in [0.2, 0.25) is 0 Å². The molecule has 1 saturated heterocycles. The fourth-order valence-electron chi connectivity index (χ4n) is 3.50. The molecule has 2 aromatic rings. The molecule has 1 N–H and O–H groups in total. The maximum absolute atomic E-state index is 12.7. The third kappa shape index (κ3) is 6.29. The Morgan fingerprint density at radius 1 is 1.03 bits per heavy atom. The quantitative estimate of drug-likeness (QED) is 0.676. The van der Waals surface area contributed by atoms with Crippen LogP contribution in [0.5, 0.6) is 5.75 Å². The van der Waals surface area contributed by atoms with Gasteiger partial charge in [0.05, 0.1) is 18.4 Å². The zero-order valence-corrected chi connectivity index (χ0v) is 19.2. The number of ether oxygens (including phenoxy) is 1. The van der Waals surface area contributed by atoms with Gasteiger partial charge in [0.15, 0.2) is 0 Å². The molecule has 0 bridgehead atoms. The molecule has 1 heterocycles. The van der Waals surface area contributed by atoms with E-state index in [2.05, 4.69) is 10.2 Å². The van der Waals surface area contributed by atoms with Crippen LogP contribution in [0.1, 0.15) is 41.4 Å². The number of benzene rings is 2. The summed E-state index contributed by atoms with van der Waals surface area (Å²) in [7, 11) is -1.37. The van der Waals surface area contributed by atoms with Gasteiger partial charge in [0.1, 0.15) is 5.75 Å². The normalized spacial score (nSPS) is 16.6. The summed E-state index contributed by atoms with van der Waals surface area (Å²) in [5.74, 6) is 0.544. The fraction of sp³-hybridized carbons (Fsp3) is 0.435. The summed E-state index contributed by atoms with van der Waals surface area (Å²) in [6, 6.07) is 14.2. The van der Waals surface area contributed by atoms with Crippen molar-refractivity contribution in [2.24, 2.45) is 0 Å². The Labute approximate surface area is 185 Å². The predicted molar refractivity (Wildman–Crippen MR) is 122 cm³/mol. The standard InChI is InChI=1S/C23H31N3O4S/c1-4-30-22-11-9-20(10-12-22)18(2)24-23(27)21-7-5-19(6-8-21)17-31(28,29)26-15-13-25(3)14-16-26/h5-12,18H,4,13-17H2,1-3H3,(H,24,27)/t18-/m0/s1. The summed E-state index contributed by atoms with van der Waals surface area (Å²) in [4.78, 5) is 14.7. The average molecular weight is 446 g/mol. The maximum Gasteiger partial charge on any atom is 0.251 e. The van der Waals surface area contributed by atoms with Crippen molar-refractivity contribution in [2.75, 3.05) is 39.8 Å². The van der Waals surface area contributed by atoms with Crippen LogP contribution in [-0.4, -0.2) is 63.4 Å². The summed E-state index contributed by atoms with van der Waals surface area (Å²) in [5.41, 5.74) is 2.15. The lowest BCUT2D eigenvalue weighted by Crippen LogP contribution is -2.47. The molecule has 0 aliphatic carbocycles. The third-order valence-electron chi connectivity index (χ3n) is 5.46. The van der Waals surface area contributed by atoms with Crippen LogP contribution in [0.4, 0.5) is 0 Å². The van der Waals surface area contributed by atoms with Crippen molar-refractivity contribution < 1.29 is 17.9 Å².